The highest BCUT2D eigenvalue weighted by molar-refractivity contribution is 7.99. The summed E-state index contributed by atoms with van der Waals surface area (Å²) in [5.41, 5.74) is 5.64. The zero-order valence-corrected chi connectivity index (χ0v) is 13.1. The fourth-order valence-electron chi connectivity index (χ4n) is 2.00. The van der Waals surface area contributed by atoms with Gasteiger partial charge in [-0.05, 0) is 42.0 Å². The SMILES string of the molecule is NCC#Cc1ccc(S(=O)(=O)NCC2CCSC2)c(F)c1. The van der Waals surface area contributed by atoms with Crippen LogP contribution in [0.4, 0.5) is 4.39 Å². The van der Waals surface area contributed by atoms with Crippen LogP contribution in [0.25, 0.3) is 0 Å². The molecular formula is C14H17FN2O2S2. The zero-order chi connectivity index (χ0) is 15.3. The van der Waals surface area contributed by atoms with Crippen molar-refractivity contribution in [3.05, 3.63) is 29.6 Å². The third-order valence-corrected chi connectivity index (χ3v) is 5.83. The topological polar surface area (TPSA) is 72.2 Å². The minimum absolute atomic E-state index is 0.169. The lowest BCUT2D eigenvalue weighted by Gasteiger charge is -2.11. The van der Waals surface area contributed by atoms with Crippen LogP contribution in [0.2, 0.25) is 0 Å². The molecule has 0 amide bonds. The lowest BCUT2D eigenvalue weighted by Crippen LogP contribution is -2.30. The van der Waals surface area contributed by atoms with Crippen molar-refractivity contribution < 1.29 is 12.8 Å². The largest absolute Gasteiger partial charge is 0.320 e. The highest BCUT2D eigenvalue weighted by Gasteiger charge is 2.22. The van der Waals surface area contributed by atoms with Crippen molar-refractivity contribution in [2.75, 3.05) is 24.6 Å². The van der Waals surface area contributed by atoms with Gasteiger partial charge in [0.25, 0.3) is 0 Å². The molecule has 1 atom stereocenters. The average molecular weight is 328 g/mol. The number of nitrogens with one attached hydrogen (secondary N) is 1. The quantitative estimate of drug-likeness (QED) is 0.814. The molecule has 7 heteroatoms. The van der Waals surface area contributed by atoms with E-state index in [0.29, 0.717) is 18.0 Å². The molecule has 0 radical (unpaired) electrons. The monoisotopic (exact) mass is 328 g/mol. The third-order valence-electron chi connectivity index (χ3n) is 3.14. The van der Waals surface area contributed by atoms with E-state index in [9.17, 15) is 12.8 Å². The van der Waals surface area contributed by atoms with Gasteiger partial charge in [-0.3, -0.25) is 0 Å². The maximum atomic E-state index is 14.0. The number of hydrogen-bond donors (Lipinski definition) is 2. The van der Waals surface area contributed by atoms with Crippen molar-refractivity contribution in [1.29, 1.82) is 0 Å². The van der Waals surface area contributed by atoms with E-state index in [0.717, 1.165) is 24.0 Å². The fourth-order valence-corrected chi connectivity index (χ4v) is 4.46. The van der Waals surface area contributed by atoms with Gasteiger partial charge >= 0.3 is 0 Å². The number of benzene rings is 1. The van der Waals surface area contributed by atoms with Gasteiger partial charge in [-0.1, -0.05) is 11.8 Å². The van der Waals surface area contributed by atoms with E-state index in [2.05, 4.69) is 16.6 Å². The Bertz CT molecular complexity index is 659. The Kier molecular flexibility index (Phi) is 5.65. The molecule has 0 bridgehead atoms. The van der Waals surface area contributed by atoms with Crippen molar-refractivity contribution in [1.82, 2.24) is 4.72 Å². The molecule has 1 fully saturated rings. The molecule has 1 aromatic rings. The first-order valence-electron chi connectivity index (χ1n) is 6.59. The fraction of sp³-hybridized carbons (Fsp3) is 0.429. The Labute approximate surface area is 128 Å². The highest BCUT2D eigenvalue weighted by atomic mass is 32.2. The molecule has 2 rings (SSSR count). The van der Waals surface area contributed by atoms with E-state index in [1.165, 1.54) is 12.1 Å². The van der Waals surface area contributed by atoms with Crippen molar-refractivity contribution in [2.24, 2.45) is 11.7 Å². The van der Waals surface area contributed by atoms with Crippen molar-refractivity contribution in [3.63, 3.8) is 0 Å². The van der Waals surface area contributed by atoms with Crippen LogP contribution in [0.3, 0.4) is 0 Å². The summed E-state index contributed by atoms with van der Waals surface area (Å²) >= 11 is 1.81. The lowest BCUT2D eigenvalue weighted by molar-refractivity contribution is 0.534. The van der Waals surface area contributed by atoms with Gasteiger partial charge in [0.1, 0.15) is 10.7 Å². The minimum Gasteiger partial charge on any atom is -0.320 e. The summed E-state index contributed by atoms with van der Waals surface area (Å²) in [5.74, 6) is 6.78. The molecule has 1 aliphatic heterocycles. The van der Waals surface area contributed by atoms with E-state index in [-0.39, 0.29) is 11.4 Å². The predicted molar refractivity (Wildman–Crippen MR) is 83.0 cm³/mol. The average Bonchev–Trinajstić information content (AvgIpc) is 2.96. The summed E-state index contributed by atoms with van der Waals surface area (Å²) in [6.07, 6.45) is 0.989. The number of sulfonamides is 1. The van der Waals surface area contributed by atoms with Crippen molar-refractivity contribution in [3.8, 4) is 11.8 Å². The summed E-state index contributed by atoms with van der Waals surface area (Å²) in [5, 5.41) is 0. The van der Waals surface area contributed by atoms with Crippen LogP contribution in [0, 0.1) is 23.6 Å². The maximum Gasteiger partial charge on any atom is 0.243 e. The highest BCUT2D eigenvalue weighted by Crippen LogP contribution is 2.23. The van der Waals surface area contributed by atoms with E-state index in [1.54, 1.807) is 11.8 Å². The van der Waals surface area contributed by atoms with Gasteiger partial charge < -0.3 is 5.73 Å². The van der Waals surface area contributed by atoms with Gasteiger partial charge in [0.2, 0.25) is 10.0 Å². The second kappa shape index (κ2) is 7.27. The Morgan fingerprint density at radius 2 is 2.29 bits per heavy atom. The number of halogens is 1. The Hall–Kier alpha value is -1.07. The molecule has 1 unspecified atom stereocenters. The molecule has 114 valence electrons. The molecule has 1 heterocycles. The second-order valence-corrected chi connectivity index (χ2v) is 7.62. The van der Waals surface area contributed by atoms with Crippen LogP contribution in [0.15, 0.2) is 23.1 Å². The summed E-state index contributed by atoms with van der Waals surface area (Å²) in [6.45, 7) is 0.520. The molecule has 0 aromatic heterocycles. The first-order valence-corrected chi connectivity index (χ1v) is 9.22. The standard InChI is InChI=1S/C14H17FN2O2S2/c15-13-8-11(2-1-6-16)3-4-14(13)21(18,19)17-9-12-5-7-20-10-12/h3-4,8,12,17H,5-7,9-10,16H2. The van der Waals surface area contributed by atoms with Crippen LogP contribution in [-0.4, -0.2) is 33.0 Å². The number of hydrogen-bond acceptors (Lipinski definition) is 4. The molecule has 21 heavy (non-hydrogen) atoms. The molecule has 0 saturated carbocycles. The summed E-state index contributed by atoms with van der Waals surface area (Å²) in [6, 6.07) is 3.83. The maximum absolute atomic E-state index is 14.0. The van der Waals surface area contributed by atoms with Gasteiger partial charge in [-0.15, -0.1) is 0 Å². The van der Waals surface area contributed by atoms with Crippen LogP contribution >= 0.6 is 11.8 Å². The van der Waals surface area contributed by atoms with Crippen molar-refractivity contribution in [2.45, 2.75) is 11.3 Å². The second-order valence-electron chi connectivity index (χ2n) is 4.73. The molecule has 1 saturated heterocycles. The first kappa shape index (κ1) is 16.3. The summed E-state index contributed by atoms with van der Waals surface area (Å²) < 4.78 is 40.7. The van der Waals surface area contributed by atoms with Crippen LogP contribution in [-0.2, 0) is 10.0 Å². The normalized spacial score (nSPS) is 18.3. The molecule has 1 aliphatic rings. The van der Waals surface area contributed by atoms with Gasteiger partial charge in [0.05, 0.1) is 6.54 Å². The Morgan fingerprint density at radius 3 is 2.90 bits per heavy atom. The van der Waals surface area contributed by atoms with Crippen molar-refractivity contribution >= 4 is 21.8 Å². The molecule has 1 aromatic carbocycles. The Morgan fingerprint density at radius 1 is 1.48 bits per heavy atom. The van der Waals surface area contributed by atoms with Gasteiger partial charge in [0, 0.05) is 12.1 Å². The van der Waals surface area contributed by atoms with Crippen LogP contribution in [0.5, 0.6) is 0 Å². The van der Waals surface area contributed by atoms with E-state index in [1.807, 2.05) is 0 Å². The van der Waals surface area contributed by atoms with E-state index < -0.39 is 15.8 Å². The first-order chi connectivity index (χ1) is 10.0. The number of nitrogens with two attached hydrogens (primary N) is 1. The molecule has 0 aliphatic carbocycles. The van der Waals surface area contributed by atoms with Gasteiger partial charge in [0.15, 0.2) is 0 Å². The third kappa shape index (κ3) is 4.45. The van der Waals surface area contributed by atoms with E-state index in [4.69, 9.17) is 5.73 Å². The Balaban J connectivity index is 2.11. The van der Waals surface area contributed by atoms with Crippen LogP contribution in [0.1, 0.15) is 12.0 Å². The molecule has 0 spiro atoms. The van der Waals surface area contributed by atoms with E-state index >= 15 is 0 Å². The lowest BCUT2D eigenvalue weighted by atomic mass is 10.1. The predicted octanol–water partition coefficient (Wildman–Crippen LogP) is 1.17. The smallest absolute Gasteiger partial charge is 0.243 e. The molecule has 4 nitrogen and oxygen atoms in total. The molecular weight excluding hydrogens is 311 g/mol. The summed E-state index contributed by atoms with van der Waals surface area (Å²) in [7, 11) is -3.82. The van der Waals surface area contributed by atoms with Gasteiger partial charge in [-0.2, -0.15) is 11.8 Å². The number of thioether (sulfide) groups is 1. The summed E-state index contributed by atoms with van der Waals surface area (Å²) in [4.78, 5) is -0.341. The van der Waals surface area contributed by atoms with Gasteiger partial charge in [-0.25, -0.2) is 17.5 Å². The zero-order valence-electron chi connectivity index (χ0n) is 11.4. The number of rotatable bonds is 4. The minimum atomic E-state index is -3.82. The van der Waals surface area contributed by atoms with Crippen LogP contribution < -0.4 is 10.5 Å². The molecule has 3 N–H and O–H groups in total.